The van der Waals surface area contributed by atoms with E-state index in [0.29, 0.717) is 17.5 Å². The van der Waals surface area contributed by atoms with Gasteiger partial charge in [-0.3, -0.25) is 0 Å². The molecule has 20 heavy (non-hydrogen) atoms. The van der Waals surface area contributed by atoms with Gasteiger partial charge in [0.15, 0.2) is 0 Å². The molecular formula is C14H17N3O3. The first-order valence-corrected chi connectivity index (χ1v) is 6.04. The summed E-state index contributed by atoms with van der Waals surface area (Å²) in [5, 5.41) is 0. The third-order valence-electron chi connectivity index (χ3n) is 2.92. The van der Waals surface area contributed by atoms with Gasteiger partial charge in [0.25, 0.3) is 0 Å². The Balaban J connectivity index is 2.33. The molecule has 0 radical (unpaired) electrons. The zero-order chi connectivity index (χ0) is 14.5. The van der Waals surface area contributed by atoms with Gasteiger partial charge in [0.1, 0.15) is 11.4 Å². The van der Waals surface area contributed by atoms with Crippen LogP contribution in [0.2, 0.25) is 0 Å². The zero-order valence-corrected chi connectivity index (χ0v) is 11.7. The Hall–Kier alpha value is -2.34. The zero-order valence-electron chi connectivity index (χ0n) is 11.7. The van der Waals surface area contributed by atoms with Crippen molar-refractivity contribution < 1.29 is 14.2 Å². The number of nitrogens with two attached hydrogens (primary N) is 1. The summed E-state index contributed by atoms with van der Waals surface area (Å²) < 4.78 is 15.4. The van der Waals surface area contributed by atoms with Gasteiger partial charge in [-0.15, -0.1) is 0 Å². The molecule has 106 valence electrons. The second kappa shape index (κ2) is 6.21. The summed E-state index contributed by atoms with van der Waals surface area (Å²) in [7, 11) is 4.66. The minimum Gasteiger partial charge on any atom is -0.497 e. The number of aromatic nitrogens is 2. The molecule has 1 aromatic carbocycles. The summed E-state index contributed by atoms with van der Waals surface area (Å²) in [6, 6.07) is 7.02. The average molecular weight is 275 g/mol. The molecule has 1 heterocycles. The summed E-state index contributed by atoms with van der Waals surface area (Å²) in [6.45, 7) is 0. The predicted octanol–water partition coefficient (Wildman–Crippen LogP) is 1.55. The number of benzene rings is 1. The maximum absolute atomic E-state index is 6.21. The van der Waals surface area contributed by atoms with Gasteiger partial charge >= 0.3 is 0 Å². The fraction of sp³-hybridized carbons (Fsp3) is 0.286. The van der Waals surface area contributed by atoms with Crippen molar-refractivity contribution >= 4 is 0 Å². The van der Waals surface area contributed by atoms with Gasteiger partial charge in [0.2, 0.25) is 11.8 Å². The van der Waals surface area contributed by atoms with E-state index in [1.54, 1.807) is 7.11 Å². The van der Waals surface area contributed by atoms with Crippen LogP contribution in [-0.4, -0.2) is 31.3 Å². The van der Waals surface area contributed by atoms with Crippen LogP contribution in [0.4, 0.5) is 0 Å². The normalized spacial score (nSPS) is 11.8. The van der Waals surface area contributed by atoms with Gasteiger partial charge in [-0.1, -0.05) is 12.1 Å². The Kier molecular flexibility index (Phi) is 4.37. The van der Waals surface area contributed by atoms with Gasteiger partial charge in [-0.25, -0.2) is 4.98 Å². The summed E-state index contributed by atoms with van der Waals surface area (Å²) in [5.41, 5.74) is 7.66. The minimum atomic E-state index is -0.436. The molecule has 1 atom stereocenters. The topological polar surface area (TPSA) is 79.5 Å². The summed E-state index contributed by atoms with van der Waals surface area (Å²) in [4.78, 5) is 8.45. The third-order valence-corrected chi connectivity index (χ3v) is 2.92. The highest BCUT2D eigenvalue weighted by Crippen LogP contribution is 2.27. The van der Waals surface area contributed by atoms with E-state index in [9.17, 15) is 0 Å². The summed E-state index contributed by atoms with van der Waals surface area (Å²) >= 11 is 0. The molecule has 0 aliphatic heterocycles. The van der Waals surface area contributed by atoms with Crippen molar-refractivity contribution in [2.45, 2.75) is 6.04 Å². The van der Waals surface area contributed by atoms with Crippen molar-refractivity contribution in [1.29, 1.82) is 0 Å². The van der Waals surface area contributed by atoms with E-state index in [1.807, 2.05) is 24.3 Å². The molecule has 0 aliphatic carbocycles. The lowest BCUT2D eigenvalue weighted by Gasteiger charge is -2.15. The van der Waals surface area contributed by atoms with Crippen LogP contribution in [0.3, 0.4) is 0 Å². The standard InChI is InChI=1S/C14H17N3O3/c1-18-10-6-4-9(5-7-10)12(15)13-14(20-3)17-11(19-2)8-16-13/h4-8,12H,15H2,1-3H3. The lowest BCUT2D eigenvalue weighted by atomic mass is 10.0. The maximum Gasteiger partial charge on any atom is 0.240 e. The molecule has 2 aromatic rings. The monoisotopic (exact) mass is 275 g/mol. The van der Waals surface area contributed by atoms with Crippen LogP contribution in [0.1, 0.15) is 17.3 Å². The smallest absolute Gasteiger partial charge is 0.240 e. The van der Waals surface area contributed by atoms with E-state index in [0.717, 1.165) is 11.3 Å². The Labute approximate surface area is 117 Å². The average Bonchev–Trinajstić information content (AvgIpc) is 2.53. The quantitative estimate of drug-likeness (QED) is 0.891. The minimum absolute atomic E-state index is 0.354. The molecule has 0 bridgehead atoms. The van der Waals surface area contributed by atoms with E-state index in [2.05, 4.69) is 9.97 Å². The molecule has 0 saturated carbocycles. The predicted molar refractivity (Wildman–Crippen MR) is 74.2 cm³/mol. The van der Waals surface area contributed by atoms with Crippen LogP contribution in [0, 0.1) is 0 Å². The molecular weight excluding hydrogens is 258 g/mol. The molecule has 1 aromatic heterocycles. The number of methoxy groups -OCH3 is 3. The van der Waals surface area contributed by atoms with E-state index >= 15 is 0 Å². The van der Waals surface area contributed by atoms with E-state index in [-0.39, 0.29) is 0 Å². The van der Waals surface area contributed by atoms with Crippen molar-refractivity contribution in [2.75, 3.05) is 21.3 Å². The number of rotatable bonds is 5. The Bertz CT molecular complexity index is 572. The van der Waals surface area contributed by atoms with Crippen LogP contribution in [-0.2, 0) is 0 Å². The van der Waals surface area contributed by atoms with Crippen LogP contribution >= 0.6 is 0 Å². The molecule has 2 rings (SSSR count). The Morgan fingerprint density at radius 2 is 1.70 bits per heavy atom. The van der Waals surface area contributed by atoms with Crippen LogP contribution < -0.4 is 19.9 Å². The lowest BCUT2D eigenvalue weighted by molar-refractivity contribution is 0.355. The number of nitrogens with zero attached hydrogens (tertiary/aromatic N) is 2. The van der Waals surface area contributed by atoms with Gasteiger partial charge in [0.05, 0.1) is 33.6 Å². The molecule has 6 heteroatoms. The summed E-state index contributed by atoms with van der Waals surface area (Å²) in [6.07, 6.45) is 1.52. The lowest BCUT2D eigenvalue weighted by Crippen LogP contribution is -2.15. The van der Waals surface area contributed by atoms with Crippen LogP contribution in [0.15, 0.2) is 30.5 Å². The van der Waals surface area contributed by atoms with Crippen molar-refractivity contribution in [3.05, 3.63) is 41.7 Å². The molecule has 0 amide bonds. The summed E-state index contributed by atoms with van der Waals surface area (Å²) in [5.74, 6) is 1.51. The largest absolute Gasteiger partial charge is 0.497 e. The second-order valence-corrected chi connectivity index (χ2v) is 4.06. The molecule has 0 spiro atoms. The van der Waals surface area contributed by atoms with Crippen molar-refractivity contribution in [3.63, 3.8) is 0 Å². The van der Waals surface area contributed by atoms with E-state index in [4.69, 9.17) is 19.9 Å². The molecule has 0 saturated heterocycles. The van der Waals surface area contributed by atoms with Crippen molar-refractivity contribution in [3.8, 4) is 17.5 Å². The Morgan fingerprint density at radius 3 is 2.25 bits per heavy atom. The first-order valence-electron chi connectivity index (χ1n) is 6.04. The first-order chi connectivity index (χ1) is 9.69. The van der Waals surface area contributed by atoms with E-state index in [1.165, 1.54) is 20.4 Å². The number of hydrogen-bond acceptors (Lipinski definition) is 6. The number of ether oxygens (including phenoxy) is 3. The highest BCUT2D eigenvalue weighted by atomic mass is 16.5. The maximum atomic E-state index is 6.21. The molecule has 0 fully saturated rings. The first kappa shape index (κ1) is 14.1. The second-order valence-electron chi connectivity index (χ2n) is 4.06. The fourth-order valence-electron chi connectivity index (χ4n) is 1.80. The molecule has 2 N–H and O–H groups in total. The molecule has 0 aliphatic rings. The highest BCUT2D eigenvalue weighted by Gasteiger charge is 2.18. The number of hydrogen-bond donors (Lipinski definition) is 1. The van der Waals surface area contributed by atoms with Crippen molar-refractivity contribution in [1.82, 2.24) is 9.97 Å². The van der Waals surface area contributed by atoms with Gasteiger partial charge in [-0.05, 0) is 17.7 Å². The van der Waals surface area contributed by atoms with Gasteiger partial charge in [0, 0.05) is 0 Å². The van der Waals surface area contributed by atoms with Crippen LogP contribution in [0.25, 0.3) is 0 Å². The highest BCUT2D eigenvalue weighted by molar-refractivity contribution is 5.36. The van der Waals surface area contributed by atoms with Crippen molar-refractivity contribution in [2.24, 2.45) is 5.73 Å². The molecule has 6 nitrogen and oxygen atoms in total. The van der Waals surface area contributed by atoms with Gasteiger partial charge < -0.3 is 19.9 Å². The molecule has 1 unspecified atom stereocenters. The third kappa shape index (κ3) is 2.80. The fourth-order valence-corrected chi connectivity index (χ4v) is 1.80. The van der Waals surface area contributed by atoms with E-state index < -0.39 is 6.04 Å². The van der Waals surface area contributed by atoms with Gasteiger partial charge in [-0.2, -0.15) is 4.98 Å². The SMILES string of the molecule is COc1ccc(C(N)c2ncc(OC)nc2OC)cc1. The Morgan fingerprint density at radius 1 is 1.00 bits per heavy atom. The van der Waals surface area contributed by atoms with Crippen LogP contribution in [0.5, 0.6) is 17.5 Å².